The fourth-order valence-electron chi connectivity index (χ4n) is 4.75. The summed E-state index contributed by atoms with van der Waals surface area (Å²) in [5.41, 5.74) is 0.286. The summed E-state index contributed by atoms with van der Waals surface area (Å²) in [6, 6.07) is 4.29. The van der Waals surface area contributed by atoms with E-state index in [1.807, 2.05) is 0 Å². The number of cyclic esters (lactones) is 1. The van der Waals surface area contributed by atoms with Crippen molar-refractivity contribution in [3.8, 4) is 17.1 Å². The number of aliphatic hydroxyl groups excluding tert-OH is 1. The number of benzene rings is 1. The number of nitrogens with zero attached hydrogens (tertiary/aromatic N) is 2. The summed E-state index contributed by atoms with van der Waals surface area (Å²) in [4.78, 5) is 30.2. The lowest BCUT2D eigenvalue weighted by Gasteiger charge is -2.31. The van der Waals surface area contributed by atoms with Gasteiger partial charge in [0.2, 0.25) is 0 Å². The molecule has 2 N–H and O–H groups in total. The Morgan fingerprint density at radius 2 is 2.06 bits per heavy atom. The van der Waals surface area contributed by atoms with Crippen LogP contribution in [0.4, 0.5) is 4.39 Å². The van der Waals surface area contributed by atoms with E-state index in [2.05, 4.69) is 4.98 Å². The van der Waals surface area contributed by atoms with Crippen LogP contribution in [0.25, 0.3) is 22.3 Å². The Kier molecular flexibility index (Phi) is 4.41. The highest BCUT2D eigenvalue weighted by Crippen LogP contribution is 2.42. The van der Waals surface area contributed by atoms with E-state index in [9.17, 15) is 24.2 Å². The minimum atomic E-state index is -1.94. The molecule has 0 radical (unpaired) electrons. The lowest BCUT2D eigenvalue weighted by Crippen LogP contribution is -2.44. The van der Waals surface area contributed by atoms with Crippen molar-refractivity contribution in [1.29, 1.82) is 0 Å². The van der Waals surface area contributed by atoms with Crippen molar-refractivity contribution in [3.63, 3.8) is 0 Å². The summed E-state index contributed by atoms with van der Waals surface area (Å²) in [6.07, 6.45) is -0.898. The summed E-state index contributed by atoms with van der Waals surface area (Å²) in [5.74, 6) is -1.39. The number of ether oxygens (including phenoxy) is 2. The SMILES string of the molecule is CC[C@@]1(O)C(=O)OCc2c1cc1n(c2=O)Cc2c-1nc1cc(F)c(OC)cc1c2[C@H](C)O. The molecule has 2 atom stereocenters. The van der Waals surface area contributed by atoms with E-state index in [0.717, 1.165) is 0 Å². The van der Waals surface area contributed by atoms with E-state index in [1.165, 1.54) is 23.8 Å². The molecule has 4 heterocycles. The Morgan fingerprint density at radius 1 is 1.31 bits per heavy atom. The molecule has 3 aromatic rings. The number of pyridine rings is 2. The Hall–Kier alpha value is -3.30. The van der Waals surface area contributed by atoms with Crippen LogP contribution in [0.5, 0.6) is 5.75 Å². The number of rotatable bonds is 3. The Labute approximate surface area is 181 Å². The minimum Gasteiger partial charge on any atom is -0.494 e. The number of hydrogen-bond donors (Lipinski definition) is 2. The van der Waals surface area contributed by atoms with Crippen LogP contribution >= 0.6 is 0 Å². The zero-order valence-corrected chi connectivity index (χ0v) is 17.7. The lowest BCUT2D eigenvalue weighted by atomic mass is 9.86. The molecule has 0 bridgehead atoms. The van der Waals surface area contributed by atoms with Gasteiger partial charge in [-0.15, -0.1) is 0 Å². The maximum absolute atomic E-state index is 14.4. The lowest BCUT2D eigenvalue weighted by molar-refractivity contribution is -0.172. The number of esters is 1. The number of aromatic nitrogens is 2. The van der Waals surface area contributed by atoms with E-state index < -0.39 is 29.1 Å². The van der Waals surface area contributed by atoms with Crippen LogP contribution in [0.1, 0.15) is 48.6 Å². The molecule has 2 aromatic heterocycles. The van der Waals surface area contributed by atoms with Crippen molar-refractivity contribution in [2.45, 2.75) is 45.1 Å². The minimum absolute atomic E-state index is 0.0213. The number of hydrogen-bond acceptors (Lipinski definition) is 7. The normalized spacial score (nSPS) is 19.9. The molecule has 2 aliphatic rings. The molecular formula is C23H21FN2O6. The van der Waals surface area contributed by atoms with Crippen molar-refractivity contribution in [1.82, 2.24) is 9.55 Å². The molecule has 32 heavy (non-hydrogen) atoms. The van der Waals surface area contributed by atoms with Gasteiger partial charge in [0.25, 0.3) is 5.56 Å². The van der Waals surface area contributed by atoms with Crippen molar-refractivity contribution >= 4 is 16.9 Å². The number of fused-ring (bicyclic) bond motifs is 5. The van der Waals surface area contributed by atoms with Crippen molar-refractivity contribution in [3.05, 3.63) is 56.6 Å². The summed E-state index contributed by atoms with van der Waals surface area (Å²) in [7, 11) is 1.35. The molecule has 0 fully saturated rings. The molecule has 5 rings (SSSR count). The zero-order chi connectivity index (χ0) is 22.9. The van der Waals surface area contributed by atoms with Gasteiger partial charge < -0.3 is 24.3 Å². The molecule has 0 spiro atoms. The van der Waals surface area contributed by atoms with Crippen molar-refractivity contribution in [2.75, 3.05) is 7.11 Å². The second-order valence-electron chi connectivity index (χ2n) is 8.14. The van der Waals surface area contributed by atoms with Gasteiger partial charge in [-0.05, 0) is 31.0 Å². The number of methoxy groups -OCH3 is 1. The number of halogens is 1. The first-order valence-electron chi connectivity index (χ1n) is 10.3. The highest BCUT2D eigenvalue weighted by molar-refractivity contribution is 5.90. The van der Waals surface area contributed by atoms with Gasteiger partial charge in [0.05, 0.1) is 42.2 Å². The molecule has 1 aromatic carbocycles. The molecule has 166 valence electrons. The third-order valence-electron chi connectivity index (χ3n) is 6.42. The third kappa shape index (κ3) is 2.58. The Balaban J connectivity index is 1.85. The fourth-order valence-corrected chi connectivity index (χ4v) is 4.75. The largest absolute Gasteiger partial charge is 0.494 e. The average Bonchev–Trinajstić information content (AvgIpc) is 3.12. The van der Waals surface area contributed by atoms with Gasteiger partial charge in [0.15, 0.2) is 17.2 Å². The van der Waals surface area contributed by atoms with Gasteiger partial charge >= 0.3 is 5.97 Å². The number of aliphatic hydroxyl groups is 2. The van der Waals surface area contributed by atoms with Crippen LogP contribution in [-0.4, -0.2) is 32.8 Å². The smallest absolute Gasteiger partial charge is 0.343 e. The van der Waals surface area contributed by atoms with E-state index >= 15 is 0 Å². The van der Waals surface area contributed by atoms with Gasteiger partial charge in [-0.1, -0.05) is 6.92 Å². The molecule has 2 aliphatic heterocycles. The predicted octanol–water partition coefficient (Wildman–Crippen LogP) is 2.28. The Bertz CT molecular complexity index is 1380. The maximum atomic E-state index is 14.4. The van der Waals surface area contributed by atoms with Crippen LogP contribution in [0.2, 0.25) is 0 Å². The number of carbonyl (C=O) groups is 1. The van der Waals surface area contributed by atoms with Crippen molar-refractivity contribution < 1.29 is 28.9 Å². The van der Waals surface area contributed by atoms with Gasteiger partial charge in [0, 0.05) is 22.6 Å². The van der Waals surface area contributed by atoms with E-state index in [-0.39, 0.29) is 36.4 Å². The van der Waals surface area contributed by atoms with Crippen LogP contribution in [0, 0.1) is 5.82 Å². The van der Waals surface area contributed by atoms with Crippen molar-refractivity contribution in [2.24, 2.45) is 0 Å². The Morgan fingerprint density at radius 3 is 2.72 bits per heavy atom. The summed E-state index contributed by atoms with van der Waals surface area (Å²) in [6.45, 7) is 3.12. The van der Waals surface area contributed by atoms with Crippen LogP contribution in [-0.2, 0) is 28.3 Å². The first-order valence-corrected chi connectivity index (χ1v) is 10.3. The average molecular weight is 440 g/mol. The maximum Gasteiger partial charge on any atom is 0.343 e. The highest BCUT2D eigenvalue weighted by atomic mass is 19.1. The van der Waals surface area contributed by atoms with Gasteiger partial charge in [0.1, 0.15) is 6.61 Å². The second-order valence-corrected chi connectivity index (χ2v) is 8.14. The summed E-state index contributed by atoms with van der Waals surface area (Å²) < 4.78 is 26.1. The molecule has 0 aliphatic carbocycles. The van der Waals surface area contributed by atoms with Gasteiger partial charge in [-0.3, -0.25) is 4.79 Å². The quantitative estimate of drug-likeness (QED) is 0.470. The van der Waals surface area contributed by atoms with Gasteiger partial charge in [-0.2, -0.15) is 0 Å². The summed E-state index contributed by atoms with van der Waals surface area (Å²) in [5, 5.41) is 22.1. The van der Waals surface area contributed by atoms with Crippen LogP contribution < -0.4 is 10.3 Å². The van der Waals surface area contributed by atoms with E-state index in [1.54, 1.807) is 19.9 Å². The van der Waals surface area contributed by atoms with E-state index in [4.69, 9.17) is 9.47 Å². The predicted molar refractivity (Wildman–Crippen MR) is 112 cm³/mol. The molecule has 0 saturated carbocycles. The molecule has 0 unspecified atom stereocenters. The zero-order valence-electron chi connectivity index (χ0n) is 17.7. The topological polar surface area (TPSA) is 111 Å². The second kappa shape index (κ2) is 6.85. The monoisotopic (exact) mass is 440 g/mol. The fraction of sp³-hybridized carbons (Fsp3) is 0.348. The van der Waals surface area contributed by atoms with E-state index in [0.29, 0.717) is 33.4 Å². The first kappa shape index (κ1) is 20.6. The summed E-state index contributed by atoms with van der Waals surface area (Å²) >= 11 is 0. The van der Waals surface area contributed by atoms with Crippen LogP contribution in [0.3, 0.4) is 0 Å². The molecule has 8 nitrogen and oxygen atoms in total. The molecule has 0 saturated heterocycles. The molecule has 9 heteroatoms. The number of carbonyl (C=O) groups excluding carboxylic acids is 1. The highest BCUT2D eigenvalue weighted by Gasteiger charge is 2.45. The first-order chi connectivity index (χ1) is 15.2. The van der Waals surface area contributed by atoms with Gasteiger partial charge in [-0.25, -0.2) is 14.2 Å². The van der Waals surface area contributed by atoms with Crippen LogP contribution in [0.15, 0.2) is 23.0 Å². The molecular weight excluding hydrogens is 419 g/mol. The third-order valence-corrected chi connectivity index (χ3v) is 6.42. The standard InChI is InChI=1S/C23H21FN2O6/c1-4-23(30)14-6-17-20-12(8-26(17)21(28)13(14)9-32-22(23)29)19(10(2)27)11-5-18(31-3)15(24)7-16(11)25-20/h5-7,10,27,30H,4,8-9H2,1-3H3/t10-,23-/m0/s1. The molecule has 0 amide bonds.